The zero-order chi connectivity index (χ0) is 13.9. The van der Waals surface area contributed by atoms with Crippen molar-refractivity contribution in [3.63, 3.8) is 0 Å². The molecule has 0 unspecified atom stereocenters. The van der Waals surface area contributed by atoms with Crippen molar-refractivity contribution in [2.45, 2.75) is 13.1 Å². The lowest BCUT2D eigenvalue weighted by Gasteiger charge is -2.04. The van der Waals surface area contributed by atoms with E-state index >= 15 is 0 Å². The Morgan fingerprint density at radius 1 is 1.30 bits per heavy atom. The van der Waals surface area contributed by atoms with Crippen LogP contribution in [0.1, 0.15) is 11.6 Å². The maximum Gasteiger partial charge on any atom is 0.226 e. The van der Waals surface area contributed by atoms with Crippen LogP contribution in [0, 0.1) is 0 Å². The molecule has 3 N–H and O–H groups in total. The minimum atomic E-state index is 0.166. The Labute approximate surface area is 119 Å². The van der Waals surface area contributed by atoms with Gasteiger partial charge in [-0.3, -0.25) is 0 Å². The molecule has 0 atom stereocenters. The molecule has 0 saturated carbocycles. The molecular weight excluding hydrogens is 280 g/mol. The van der Waals surface area contributed by atoms with Crippen LogP contribution in [0.15, 0.2) is 22.8 Å². The Kier molecular flexibility index (Phi) is 3.53. The molecule has 20 heavy (non-hydrogen) atoms. The second kappa shape index (κ2) is 5.48. The van der Waals surface area contributed by atoms with Gasteiger partial charge >= 0.3 is 0 Å². The zero-order valence-electron chi connectivity index (χ0n) is 10.8. The van der Waals surface area contributed by atoms with E-state index in [0.717, 1.165) is 11.6 Å². The largest absolute Gasteiger partial charge is 0.467 e. The van der Waals surface area contributed by atoms with Crippen LogP contribution in [0.25, 0.3) is 11.2 Å². The van der Waals surface area contributed by atoms with Crippen LogP contribution in [0.3, 0.4) is 0 Å². The van der Waals surface area contributed by atoms with E-state index in [1.807, 2.05) is 19.2 Å². The van der Waals surface area contributed by atoms with E-state index in [9.17, 15) is 0 Å². The quantitative estimate of drug-likeness (QED) is 0.622. The van der Waals surface area contributed by atoms with E-state index in [4.69, 9.17) is 16.0 Å². The van der Waals surface area contributed by atoms with Gasteiger partial charge < -0.3 is 20.0 Å². The molecule has 8 heteroatoms. The lowest BCUT2D eigenvalue weighted by atomic mass is 10.4. The van der Waals surface area contributed by atoms with E-state index in [0.29, 0.717) is 30.1 Å². The predicted octanol–water partition coefficient (Wildman–Crippen LogP) is 1.93. The highest BCUT2D eigenvalue weighted by molar-refractivity contribution is 6.28. The second-order valence-corrected chi connectivity index (χ2v) is 4.52. The van der Waals surface area contributed by atoms with Crippen LogP contribution in [0.4, 0.5) is 5.82 Å². The fourth-order valence-corrected chi connectivity index (χ4v) is 2.05. The normalized spacial score (nSPS) is 11.1. The third-order valence-electron chi connectivity index (χ3n) is 2.72. The first-order chi connectivity index (χ1) is 9.76. The Hall–Kier alpha value is -2.12. The van der Waals surface area contributed by atoms with Crippen molar-refractivity contribution in [2.24, 2.45) is 0 Å². The summed E-state index contributed by atoms with van der Waals surface area (Å²) in [6, 6.07) is 3.71. The summed E-state index contributed by atoms with van der Waals surface area (Å²) in [5, 5.41) is 6.34. The van der Waals surface area contributed by atoms with Crippen LogP contribution in [0.5, 0.6) is 0 Å². The Morgan fingerprint density at radius 2 is 2.20 bits per heavy atom. The van der Waals surface area contributed by atoms with E-state index in [1.54, 1.807) is 6.26 Å². The van der Waals surface area contributed by atoms with Crippen molar-refractivity contribution in [3.8, 4) is 0 Å². The van der Waals surface area contributed by atoms with Crippen molar-refractivity contribution < 1.29 is 4.42 Å². The number of hydrogen-bond donors (Lipinski definition) is 3. The third-order valence-corrected chi connectivity index (χ3v) is 2.89. The number of nitrogens with one attached hydrogen (secondary N) is 3. The molecule has 0 radical (unpaired) electrons. The maximum atomic E-state index is 5.92. The van der Waals surface area contributed by atoms with E-state index in [2.05, 4.69) is 30.6 Å². The van der Waals surface area contributed by atoms with E-state index in [1.165, 1.54) is 0 Å². The van der Waals surface area contributed by atoms with Crippen molar-refractivity contribution in [3.05, 3.63) is 35.3 Å². The predicted molar refractivity (Wildman–Crippen MR) is 75.5 cm³/mol. The Morgan fingerprint density at radius 3 is 2.95 bits per heavy atom. The number of imidazole rings is 1. The lowest BCUT2D eigenvalue weighted by molar-refractivity contribution is 0.518. The molecule has 0 amide bonds. The smallest absolute Gasteiger partial charge is 0.226 e. The third kappa shape index (κ3) is 2.59. The molecule has 0 aromatic carbocycles. The monoisotopic (exact) mass is 292 g/mol. The van der Waals surface area contributed by atoms with Crippen LogP contribution < -0.4 is 10.6 Å². The van der Waals surface area contributed by atoms with Gasteiger partial charge in [-0.15, -0.1) is 0 Å². The standard InChI is InChI=1S/C12H13ClN6O/c1-14-6-8-16-9-10(15-5-7-3-2-4-20-7)18-12(13)19-11(9)17-8/h2-4,14H,5-6H2,1H3,(H2,15,16,17,18,19). The minimum absolute atomic E-state index is 0.166. The van der Waals surface area contributed by atoms with E-state index < -0.39 is 0 Å². The van der Waals surface area contributed by atoms with Crippen molar-refractivity contribution in [1.29, 1.82) is 0 Å². The van der Waals surface area contributed by atoms with Crippen molar-refractivity contribution in [1.82, 2.24) is 25.3 Å². The van der Waals surface area contributed by atoms with Gasteiger partial charge in [0.2, 0.25) is 5.28 Å². The number of anilines is 1. The van der Waals surface area contributed by atoms with Gasteiger partial charge in [0.25, 0.3) is 0 Å². The van der Waals surface area contributed by atoms with Gasteiger partial charge in [0.05, 0.1) is 19.4 Å². The topological polar surface area (TPSA) is 91.7 Å². The molecule has 3 rings (SSSR count). The van der Waals surface area contributed by atoms with Gasteiger partial charge in [-0.1, -0.05) is 0 Å². The SMILES string of the molecule is CNCc1nc2c(NCc3ccco3)nc(Cl)nc2[nH]1. The van der Waals surface area contributed by atoms with Crippen molar-refractivity contribution in [2.75, 3.05) is 12.4 Å². The van der Waals surface area contributed by atoms with Gasteiger partial charge in [-0.2, -0.15) is 9.97 Å². The molecule has 7 nitrogen and oxygen atoms in total. The van der Waals surface area contributed by atoms with Crippen LogP contribution >= 0.6 is 11.6 Å². The minimum Gasteiger partial charge on any atom is -0.467 e. The number of fused-ring (bicyclic) bond motifs is 1. The summed E-state index contributed by atoms with van der Waals surface area (Å²) in [4.78, 5) is 15.8. The fraction of sp³-hybridized carbons (Fsp3) is 0.250. The number of rotatable bonds is 5. The summed E-state index contributed by atoms with van der Waals surface area (Å²) in [5.74, 6) is 2.16. The van der Waals surface area contributed by atoms with Gasteiger partial charge in [0, 0.05) is 0 Å². The van der Waals surface area contributed by atoms with Gasteiger partial charge in [0.15, 0.2) is 17.0 Å². The number of halogens is 1. The first kappa shape index (κ1) is 12.9. The highest BCUT2D eigenvalue weighted by Crippen LogP contribution is 2.20. The van der Waals surface area contributed by atoms with Crippen LogP contribution in [-0.2, 0) is 13.1 Å². The summed E-state index contributed by atoms with van der Waals surface area (Å²) < 4.78 is 5.26. The number of nitrogens with zero attached hydrogens (tertiary/aromatic N) is 3. The van der Waals surface area contributed by atoms with Gasteiger partial charge in [-0.05, 0) is 30.8 Å². The highest BCUT2D eigenvalue weighted by atomic mass is 35.5. The highest BCUT2D eigenvalue weighted by Gasteiger charge is 2.12. The molecule has 104 valence electrons. The Bertz CT molecular complexity index is 708. The van der Waals surface area contributed by atoms with Crippen LogP contribution in [-0.4, -0.2) is 27.0 Å². The molecule has 3 aromatic heterocycles. The van der Waals surface area contributed by atoms with Gasteiger partial charge in [0.1, 0.15) is 11.6 Å². The van der Waals surface area contributed by atoms with Gasteiger partial charge in [-0.25, -0.2) is 4.98 Å². The number of H-pyrrole nitrogens is 1. The molecule has 0 spiro atoms. The van der Waals surface area contributed by atoms with E-state index in [-0.39, 0.29) is 5.28 Å². The summed E-state index contributed by atoms with van der Waals surface area (Å²) in [6.45, 7) is 1.12. The Balaban J connectivity index is 1.91. The van der Waals surface area contributed by atoms with Crippen LogP contribution in [0.2, 0.25) is 5.28 Å². The molecule has 3 aromatic rings. The summed E-state index contributed by atoms with van der Waals surface area (Å²) in [5.41, 5.74) is 1.27. The maximum absolute atomic E-state index is 5.92. The molecule has 0 aliphatic heterocycles. The van der Waals surface area contributed by atoms with Crippen molar-refractivity contribution >= 4 is 28.6 Å². The molecule has 0 aliphatic rings. The zero-order valence-corrected chi connectivity index (χ0v) is 11.5. The molecule has 3 heterocycles. The summed E-state index contributed by atoms with van der Waals surface area (Å²) >= 11 is 5.92. The average molecular weight is 293 g/mol. The molecule has 0 bridgehead atoms. The number of furan rings is 1. The fourth-order valence-electron chi connectivity index (χ4n) is 1.88. The summed E-state index contributed by atoms with van der Waals surface area (Å²) in [7, 11) is 1.85. The number of aromatic amines is 1. The second-order valence-electron chi connectivity index (χ2n) is 4.19. The molecule has 0 fully saturated rings. The molecule has 0 aliphatic carbocycles. The number of hydrogen-bond acceptors (Lipinski definition) is 6. The number of aromatic nitrogens is 4. The first-order valence-electron chi connectivity index (χ1n) is 6.09. The molecular formula is C12H13ClN6O. The first-order valence-corrected chi connectivity index (χ1v) is 6.47. The average Bonchev–Trinajstić information content (AvgIpc) is 3.05. The molecule has 0 saturated heterocycles. The summed E-state index contributed by atoms with van der Waals surface area (Å²) in [6.07, 6.45) is 1.62. The lowest BCUT2D eigenvalue weighted by Crippen LogP contribution is -2.06.